The monoisotopic (exact) mass is 263 g/mol. The van der Waals surface area contributed by atoms with Crippen molar-refractivity contribution in [3.8, 4) is 0 Å². The molecule has 1 amide bonds. The second-order valence-corrected chi connectivity index (χ2v) is 4.75. The summed E-state index contributed by atoms with van der Waals surface area (Å²) in [5.41, 5.74) is 0.586. The first-order valence-corrected chi connectivity index (χ1v) is 6.78. The van der Waals surface area contributed by atoms with Gasteiger partial charge in [0.25, 0.3) is 5.91 Å². The van der Waals surface area contributed by atoms with Crippen LogP contribution in [-0.4, -0.2) is 36.7 Å². The van der Waals surface area contributed by atoms with E-state index >= 15 is 0 Å². The third-order valence-electron chi connectivity index (χ3n) is 3.46. The first kappa shape index (κ1) is 13.8. The number of anilines is 1. The van der Waals surface area contributed by atoms with Crippen molar-refractivity contribution in [1.29, 1.82) is 0 Å². The van der Waals surface area contributed by atoms with Crippen LogP contribution in [0.5, 0.6) is 0 Å². The molecule has 19 heavy (non-hydrogen) atoms. The summed E-state index contributed by atoms with van der Waals surface area (Å²) in [5, 5.41) is 6.12. The molecule has 0 bridgehead atoms. The second-order valence-electron chi connectivity index (χ2n) is 4.75. The molecule has 0 radical (unpaired) electrons. The topological polar surface area (TPSA) is 63.2 Å². The first-order chi connectivity index (χ1) is 9.24. The lowest BCUT2D eigenvalue weighted by Crippen LogP contribution is -2.40. The normalized spacial score (nSPS) is 22.2. The van der Waals surface area contributed by atoms with E-state index in [1.807, 2.05) is 13.0 Å². The maximum Gasteiger partial charge on any atom is 0.253 e. The molecule has 1 fully saturated rings. The van der Waals surface area contributed by atoms with Gasteiger partial charge in [0.15, 0.2) is 0 Å². The number of nitrogens with zero attached hydrogens (tertiary/aromatic N) is 1. The largest absolute Gasteiger partial charge is 0.379 e. The molecule has 2 N–H and O–H groups in total. The Morgan fingerprint density at radius 3 is 2.95 bits per heavy atom. The van der Waals surface area contributed by atoms with Crippen LogP contribution < -0.4 is 10.6 Å². The molecule has 1 heterocycles. The van der Waals surface area contributed by atoms with Gasteiger partial charge in [-0.1, -0.05) is 0 Å². The van der Waals surface area contributed by atoms with Gasteiger partial charge in [0, 0.05) is 19.9 Å². The summed E-state index contributed by atoms with van der Waals surface area (Å²) >= 11 is 0. The minimum atomic E-state index is -0.0792. The number of amides is 1. The van der Waals surface area contributed by atoms with Crippen LogP contribution in [-0.2, 0) is 4.74 Å². The highest BCUT2D eigenvalue weighted by atomic mass is 16.5. The Balaban J connectivity index is 1.95. The highest BCUT2D eigenvalue weighted by Crippen LogP contribution is 2.21. The minimum Gasteiger partial charge on any atom is -0.379 e. The molecule has 2 unspecified atom stereocenters. The molecule has 1 aliphatic carbocycles. The van der Waals surface area contributed by atoms with Gasteiger partial charge in [0.1, 0.15) is 5.82 Å². The number of hydrogen-bond donors (Lipinski definition) is 2. The van der Waals surface area contributed by atoms with Crippen LogP contribution in [0.3, 0.4) is 0 Å². The number of methoxy groups -OCH3 is 1. The van der Waals surface area contributed by atoms with E-state index in [4.69, 9.17) is 4.74 Å². The summed E-state index contributed by atoms with van der Waals surface area (Å²) in [5.74, 6) is 0.708. The summed E-state index contributed by atoms with van der Waals surface area (Å²) < 4.78 is 5.37. The lowest BCUT2D eigenvalue weighted by atomic mass is 10.2. The van der Waals surface area contributed by atoms with Crippen LogP contribution in [0.4, 0.5) is 5.82 Å². The van der Waals surface area contributed by atoms with E-state index in [0.717, 1.165) is 31.6 Å². The molecule has 0 aliphatic heterocycles. The van der Waals surface area contributed by atoms with Gasteiger partial charge in [-0.05, 0) is 38.3 Å². The molecule has 0 aromatic carbocycles. The highest BCUT2D eigenvalue weighted by molar-refractivity contribution is 5.94. The number of pyridine rings is 1. The fourth-order valence-electron chi connectivity index (χ4n) is 2.44. The molecule has 2 atom stereocenters. The molecule has 1 aromatic rings. The van der Waals surface area contributed by atoms with Gasteiger partial charge in [-0.2, -0.15) is 0 Å². The van der Waals surface area contributed by atoms with Gasteiger partial charge in [0.05, 0.1) is 17.7 Å². The predicted octanol–water partition coefficient (Wildman–Crippen LogP) is 1.81. The third-order valence-corrected chi connectivity index (χ3v) is 3.46. The highest BCUT2D eigenvalue weighted by Gasteiger charge is 2.28. The summed E-state index contributed by atoms with van der Waals surface area (Å²) in [6, 6.07) is 3.73. The Bertz CT molecular complexity index is 419. The molecule has 5 heteroatoms. The van der Waals surface area contributed by atoms with Gasteiger partial charge in [-0.25, -0.2) is 4.98 Å². The molecule has 1 aromatic heterocycles. The maximum absolute atomic E-state index is 12.1. The van der Waals surface area contributed by atoms with Gasteiger partial charge < -0.3 is 15.4 Å². The summed E-state index contributed by atoms with van der Waals surface area (Å²) in [4.78, 5) is 16.3. The van der Waals surface area contributed by atoms with Crippen LogP contribution >= 0.6 is 0 Å². The van der Waals surface area contributed by atoms with E-state index in [-0.39, 0.29) is 18.1 Å². The van der Waals surface area contributed by atoms with Gasteiger partial charge in [-0.3, -0.25) is 4.79 Å². The molecular formula is C14H21N3O2. The van der Waals surface area contributed by atoms with Crippen molar-refractivity contribution in [2.45, 2.75) is 38.3 Å². The second kappa shape index (κ2) is 6.52. The van der Waals surface area contributed by atoms with E-state index in [9.17, 15) is 4.79 Å². The fourth-order valence-corrected chi connectivity index (χ4v) is 2.44. The van der Waals surface area contributed by atoms with Gasteiger partial charge in [0.2, 0.25) is 0 Å². The Morgan fingerprint density at radius 2 is 2.32 bits per heavy atom. The third kappa shape index (κ3) is 3.44. The van der Waals surface area contributed by atoms with Crippen molar-refractivity contribution < 1.29 is 9.53 Å². The standard InChI is InChI=1S/C14H21N3O2/c1-3-15-13-8-7-10(9-16-13)14(18)17-11-5-4-6-12(11)19-2/h7-9,11-12H,3-6H2,1-2H3,(H,15,16)(H,17,18). The number of carbonyl (C=O) groups excluding carboxylic acids is 1. The van der Waals surface area contributed by atoms with Crippen molar-refractivity contribution in [3.05, 3.63) is 23.9 Å². The summed E-state index contributed by atoms with van der Waals surface area (Å²) in [6.45, 7) is 2.82. The van der Waals surface area contributed by atoms with E-state index in [0.29, 0.717) is 5.56 Å². The number of hydrogen-bond acceptors (Lipinski definition) is 4. The molecular weight excluding hydrogens is 242 g/mol. The quantitative estimate of drug-likeness (QED) is 0.850. The van der Waals surface area contributed by atoms with Crippen molar-refractivity contribution in [2.75, 3.05) is 19.0 Å². The molecule has 1 aliphatic rings. The summed E-state index contributed by atoms with van der Waals surface area (Å²) in [6.07, 6.45) is 4.83. The van der Waals surface area contributed by atoms with E-state index < -0.39 is 0 Å². The average molecular weight is 263 g/mol. The van der Waals surface area contributed by atoms with Crippen molar-refractivity contribution >= 4 is 11.7 Å². The lowest BCUT2D eigenvalue weighted by Gasteiger charge is -2.19. The Kier molecular flexibility index (Phi) is 4.74. The van der Waals surface area contributed by atoms with Crippen molar-refractivity contribution in [1.82, 2.24) is 10.3 Å². The fraction of sp³-hybridized carbons (Fsp3) is 0.571. The van der Waals surface area contributed by atoms with Crippen LogP contribution in [0, 0.1) is 0 Å². The zero-order chi connectivity index (χ0) is 13.7. The first-order valence-electron chi connectivity index (χ1n) is 6.78. The molecule has 2 rings (SSSR count). The predicted molar refractivity (Wildman–Crippen MR) is 74.3 cm³/mol. The number of aromatic nitrogens is 1. The number of ether oxygens (including phenoxy) is 1. The maximum atomic E-state index is 12.1. The van der Waals surface area contributed by atoms with Crippen LogP contribution in [0.25, 0.3) is 0 Å². The zero-order valence-electron chi connectivity index (χ0n) is 11.5. The van der Waals surface area contributed by atoms with Crippen molar-refractivity contribution in [3.63, 3.8) is 0 Å². The zero-order valence-corrected chi connectivity index (χ0v) is 11.5. The average Bonchev–Trinajstić information content (AvgIpc) is 2.87. The lowest BCUT2D eigenvalue weighted by molar-refractivity contribution is 0.0722. The molecule has 0 spiro atoms. The minimum absolute atomic E-state index is 0.0792. The summed E-state index contributed by atoms with van der Waals surface area (Å²) in [7, 11) is 1.70. The smallest absolute Gasteiger partial charge is 0.253 e. The van der Waals surface area contributed by atoms with Gasteiger partial charge >= 0.3 is 0 Å². The molecule has 0 saturated heterocycles. The van der Waals surface area contributed by atoms with E-state index in [1.54, 1.807) is 19.4 Å². The van der Waals surface area contributed by atoms with Crippen LogP contribution in [0.1, 0.15) is 36.5 Å². The Morgan fingerprint density at radius 1 is 1.47 bits per heavy atom. The number of rotatable bonds is 5. The Labute approximate surface area is 113 Å². The SMILES string of the molecule is CCNc1ccc(C(=O)NC2CCCC2OC)cn1. The molecule has 104 valence electrons. The number of nitrogens with one attached hydrogen (secondary N) is 2. The van der Waals surface area contributed by atoms with Gasteiger partial charge in [-0.15, -0.1) is 0 Å². The van der Waals surface area contributed by atoms with E-state index in [1.165, 1.54) is 0 Å². The van der Waals surface area contributed by atoms with Crippen LogP contribution in [0.2, 0.25) is 0 Å². The molecule has 1 saturated carbocycles. The van der Waals surface area contributed by atoms with Crippen molar-refractivity contribution in [2.24, 2.45) is 0 Å². The molecule has 5 nitrogen and oxygen atoms in total. The number of carbonyl (C=O) groups is 1. The van der Waals surface area contributed by atoms with E-state index in [2.05, 4.69) is 15.6 Å². The van der Waals surface area contributed by atoms with Crippen LogP contribution in [0.15, 0.2) is 18.3 Å². The Hall–Kier alpha value is -1.62.